The van der Waals surface area contributed by atoms with Crippen LogP contribution in [-0.2, 0) is 0 Å². The van der Waals surface area contributed by atoms with Crippen LogP contribution in [-0.4, -0.2) is 14.8 Å². The SMILES string of the molecule is Cc1ccc(N2c3ccc(C)cc3B3c4ccccc4N(c4ccccc4)c4cc(-c5ccc([Si](C)(C)C)cc5)cc2c43)cc1. The molecule has 8 rings (SSSR count). The van der Waals surface area contributed by atoms with Crippen molar-refractivity contribution in [3.05, 3.63) is 145 Å². The molecule has 0 atom stereocenters. The lowest BCUT2D eigenvalue weighted by molar-refractivity contribution is 1.25. The predicted octanol–water partition coefficient (Wildman–Crippen LogP) is 8.60. The summed E-state index contributed by atoms with van der Waals surface area (Å²) in [6.07, 6.45) is 0. The average molecular weight is 597 g/mol. The maximum absolute atomic E-state index is 2.50. The van der Waals surface area contributed by atoms with Crippen LogP contribution in [0, 0.1) is 13.8 Å². The monoisotopic (exact) mass is 596 g/mol. The third-order valence-corrected chi connectivity index (χ3v) is 11.6. The van der Waals surface area contributed by atoms with Gasteiger partial charge in [0.05, 0.1) is 8.07 Å². The third kappa shape index (κ3) is 4.55. The highest BCUT2D eigenvalue weighted by Gasteiger charge is 2.43. The van der Waals surface area contributed by atoms with Crippen molar-refractivity contribution >= 4 is 70.5 Å². The van der Waals surface area contributed by atoms with Crippen molar-refractivity contribution in [1.29, 1.82) is 0 Å². The van der Waals surface area contributed by atoms with Crippen molar-refractivity contribution < 1.29 is 0 Å². The molecule has 0 unspecified atom stereocenters. The summed E-state index contributed by atoms with van der Waals surface area (Å²) in [6.45, 7) is 11.8. The lowest BCUT2D eigenvalue weighted by atomic mass is 9.33. The predicted molar refractivity (Wildman–Crippen MR) is 198 cm³/mol. The highest BCUT2D eigenvalue weighted by Crippen LogP contribution is 2.45. The van der Waals surface area contributed by atoms with E-state index in [1.807, 2.05) is 0 Å². The van der Waals surface area contributed by atoms with Gasteiger partial charge in [0.15, 0.2) is 0 Å². The minimum absolute atomic E-state index is 0.131. The first-order chi connectivity index (χ1) is 21.8. The molecule has 4 heteroatoms. The maximum atomic E-state index is 2.50. The van der Waals surface area contributed by atoms with Crippen LogP contribution < -0.4 is 31.4 Å². The minimum Gasteiger partial charge on any atom is -0.311 e. The summed E-state index contributed by atoms with van der Waals surface area (Å²) < 4.78 is 0. The Bertz CT molecular complexity index is 2060. The van der Waals surface area contributed by atoms with Crippen molar-refractivity contribution in [2.75, 3.05) is 9.80 Å². The Hall–Kier alpha value is -4.80. The van der Waals surface area contributed by atoms with Gasteiger partial charge in [0.2, 0.25) is 0 Å². The molecule has 0 bridgehead atoms. The number of hydrogen-bond donors (Lipinski definition) is 0. The molecule has 45 heavy (non-hydrogen) atoms. The van der Waals surface area contributed by atoms with Crippen LogP contribution in [0.3, 0.4) is 0 Å². The smallest absolute Gasteiger partial charge is 0.252 e. The van der Waals surface area contributed by atoms with Crippen molar-refractivity contribution in [1.82, 2.24) is 0 Å². The normalized spacial score (nSPS) is 13.3. The van der Waals surface area contributed by atoms with E-state index >= 15 is 0 Å². The molecule has 6 aromatic rings. The molecule has 2 aliphatic heterocycles. The van der Waals surface area contributed by atoms with Gasteiger partial charge in [0.25, 0.3) is 6.71 Å². The van der Waals surface area contributed by atoms with E-state index in [0.717, 1.165) is 0 Å². The summed E-state index contributed by atoms with van der Waals surface area (Å²) in [6, 6.07) is 50.1. The Morgan fingerprint density at radius 3 is 1.71 bits per heavy atom. The molecule has 0 N–H and O–H groups in total. The van der Waals surface area contributed by atoms with Gasteiger partial charge in [-0.25, -0.2) is 0 Å². The summed E-state index contributed by atoms with van der Waals surface area (Å²) in [5.74, 6) is 0. The zero-order valence-electron chi connectivity index (χ0n) is 26.7. The topological polar surface area (TPSA) is 6.48 Å². The zero-order valence-corrected chi connectivity index (χ0v) is 27.7. The molecule has 2 aliphatic rings. The van der Waals surface area contributed by atoms with Crippen molar-refractivity contribution in [3.63, 3.8) is 0 Å². The summed E-state index contributed by atoms with van der Waals surface area (Å²) in [5, 5.41) is 1.48. The van der Waals surface area contributed by atoms with Gasteiger partial charge in [-0.05, 0) is 89.9 Å². The molecule has 0 aromatic heterocycles. The lowest BCUT2D eigenvalue weighted by Crippen LogP contribution is -2.61. The van der Waals surface area contributed by atoms with Gasteiger partial charge in [0.1, 0.15) is 0 Å². The van der Waals surface area contributed by atoms with E-state index in [-0.39, 0.29) is 6.71 Å². The van der Waals surface area contributed by atoms with Crippen LogP contribution >= 0.6 is 0 Å². The minimum atomic E-state index is -1.41. The molecule has 0 saturated carbocycles. The lowest BCUT2D eigenvalue weighted by Gasteiger charge is -2.44. The number of hydrogen-bond acceptors (Lipinski definition) is 2. The highest BCUT2D eigenvalue weighted by atomic mass is 28.3. The molecule has 0 saturated heterocycles. The molecule has 2 heterocycles. The van der Waals surface area contributed by atoms with E-state index in [9.17, 15) is 0 Å². The molecular formula is C41H37BN2Si. The highest BCUT2D eigenvalue weighted by molar-refractivity contribution is 7.00. The Morgan fingerprint density at radius 1 is 0.467 bits per heavy atom. The second kappa shape index (κ2) is 10.4. The fourth-order valence-corrected chi connectivity index (χ4v) is 8.39. The Morgan fingerprint density at radius 2 is 1.04 bits per heavy atom. The van der Waals surface area contributed by atoms with E-state index in [1.165, 1.54) is 78.0 Å². The first-order valence-electron chi connectivity index (χ1n) is 16.0. The summed E-state index contributed by atoms with van der Waals surface area (Å²) in [4.78, 5) is 4.99. The summed E-state index contributed by atoms with van der Waals surface area (Å²) in [7, 11) is -1.41. The molecule has 0 radical (unpaired) electrons. The van der Waals surface area contributed by atoms with Crippen LogP contribution in [0.4, 0.5) is 34.1 Å². The molecule has 218 valence electrons. The molecule has 6 aromatic carbocycles. The van der Waals surface area contributed by atoms with Gasteiger partial charge in [-0.3, -0.25) is 0 Å². The first kappa shape index (κ1) is 27.7. The second-order valence-electron chi connectivity index (χ2n) is 13.7. The van der Waals surface area contributed by atoms with E-state index < -0.39 is 8.07 Å². The molecular weight excluding hydrogens is 559 g/mol. The molecule has 0 spiro atoms. The first-order valence-corrected chi connectivity index (χ1v) is 19.5. The van der Waals surface area contributed by atoms with Crippen LogP contribution in [0.25, 0.3) is 11.1 Å². The zero-order chi connectivity index (χ0) is 30.9. The molecule has 2 nitrogen and oxygen atoms in total. The summed E-state index contributed by atoms with van der Waals surface area (Å²) in [5.41, 5.74) is 16.4. The van der Waals surface area contributed by atoms with Gasteiger partial charge in [-0.1, -0.05) is 121 Å². The second-order valence-corrected chi connectivity index (χ2v) is 18.7. The molecule has 0 amide bonds. The Balaban J connectivity index is 1.47. The van der Waals surface area contributed by atoms with Crippen molar-refractivity contribution in [2.45, 2.75) is 33.5 Å². The number of rotatable bonds is 4. The third-order valence-electron chi connectivity index (χ3n) is 9.52. The van der Waals surface area contributed by atoms with E-state index in [1.54, 1.807) is 0 Å². The summed E-state index contributed by atoms with van der Waals surface area (Å²) >= 11 is 0. The average Bonchev–Trinajstić information content (AvgIpc) is 3.05. The van der Waals surface area contributed by atoms with Gasteiger partial charge in [0, 0.05) is 34.1 Å². The van der Waals surface area contributed by atoms with Gasteiger partial charge >= 0.3 is 0 Å². The number of benzene rings is 6. The van der Waals surface area contributed by atoms with E-state index in [2.05, 4.69) is 177 Å². The van der Waals surface area contributed by atoms with Crippen LogP contribution in [0.2, 0.25) is 19.6 Å². The number of para-hydroxylation sites is 2. The largest absolute Gasteiger partial charge is 0.311 e. The number of aryl methyl sites for hydroxylation is 2. The van der Waals surface area contributed by atoms with Gasteiger partial charge in [-0.15, -0.1) is 0 Å². The van der Waals surface area contributed by atoms with Gasteiger partial charge < -0.3 is 9.80 Å². The Kier molecular flexibility index (Phi) is 6.40. The van der Waals surface area contributed by atoms with Crippen molar-refractivity contribution in [2.24, 2.45) is 0 Å². The van der Waals surface area contributed by atoms with Crippen LogP contribution in [0.5, 0.6) is 0 Å². The fraction of sp³-hybridized carbons (Fsp3) is 0.122. The van der Waals surface area contributed by atoms with E-state index in [0.29, 0.717) is 0 Å². The molecule has 0 fully saturated rings. The fourth-order valence-electron chi connectivity index (χ4n) is 7.23. The standard InChI is InChI=1S/C41H37BN2Si/c1-28-15-20-33(21-16-28)44-38-24-17-29(2)25-36(38)42-35-13-9-10-14-37(35)43(32-11-7-6-8-12-32)39-26-31(27-40(44)41(39)42)30-18-22-34(23-19-30)45(3,4)5/h6-27H,1-5H3. The Labute approximate surface area is 268 Å². The molecule has 0 aliphatic carbocycles. The number of fused-ring (bicyclic) bond motifs is 4. The van der Waals surface area contributed by atoms with Gasteiger partial charge in [-0.2, -0.15) is 0 Å². The number of nitrogens with zero attached hydrogens (tertiary/aromatic N) is 2. The van der Waals surface area contributed by atoms with E-state index in [4.69, 9.17) is 0 Å². The van der Waals surface area contributed by atoms with Crippen LogP contribution in [0.15, 0.2) is 133 Å². The number of anilines is 6. The van der Waals surface area contributed by atoms with Crippen LogP contribution in [0.1, 0.15) is 11.1 Å². The van der Waals surface area contributed by atoms with Crippen molar-refractivity contribution in [3.8, 4) is 11.1 Å². The quantitative estimate of drug-likeness (QED) is 0.188. The maximum Gasteiger partial charge on any atom is 0.252 e.